The van der Waals surface area contributed by atoms with Gasteiger partial charge in [-0.1, -0.05) is 6.07 Å². The van der Waals surface area contributed by atoms with Crippen molar-refractivity contribution in [3.8, 4) is 6.07 Å². The molecule has 1 aromatic rings. The summed E-state index contributed by atoms with van der Waals surface area (Å²) < 4.78 is 24.6. The number of benzene rings is 1. The molecule has 1 unspecified atom stereocenters. The molecule has 6 nitrogen and oxygen atoms in total. The van der Waals surface area contributed by atoms with Gasteiger partial charge in [0.15, 0.2) is 0 Å². The van der Waals surface area contributed by atoms with E-state index in [0.717, 1.165) is 0 Å². The van der Waals surface area contributed by atoms with Crippen molar-refractivity contribution in [3.63, 3.8) is 0 Å². The molecule has 1 heterocycles. The molecule has 0 radical (unpaired) electrons. The van der Waals surface area contributed by atoms with Gasteiger partial charge in [0.2, 0.25) is 0 Å². The minimum absolute atomic E-state index is 0.0117. The number of hydrogen-bond acceptors (Lipinski definition) is 4. The summed E-state index contributed by atoms with van der Waals surface area (Å²) in [6.45, 7) is 5.34. The molecule has 1 aliphatic rings. The molecular weight excluding hydrogens is 313 g/mol. The van der Waals surface area contributed by atoms with Crippen LogP contribution in [0.5, 0.6) is 0 Å². The van der Waals surface area contributed by atoms with Crippen LogP contribution in [-0.2, 0) is 16.0 Å². The average Bonchev–Trinajstić information content (AvgIpc) is 2.51. The van der Waals surface area contributed by atoms with Crippen LogP contribution >= 0.6 is 0 Å². The molecule has 1 saturated heterocycles. The zero-order valence-corrected chi connectivity index (χ0v) is 14.1. The summed E-state index contributed by atoms with van der Waals surface area (Å²) in [5, 5.41) is 11.5. The SMILES string of the molecule is COCC1CN(C(=O)NCc2ccc(C#N)c(F)c2)CC(C)(C)O1. The number of methoxy groups -OCH3 is 1. The lowest BCUT2D eigenvalue weighted by Gasteiger charge is -2.42. The highest BCUT2D eigenvalue weighted by atomic mass is 19.1. The van der Waals surface area contributed by atoms with Gasteiger partial charge in [0.05, 0.1) is 37.0 Å². The summed E-state index contributed by atoms with van der Waals surface area (Å²) in [6, 6.07) is 5.82. The number of nitrogens with one attached hydrogen (secondary N) is 1. The lowest BCUT2D eigenvalue weighted by molar-refractivity contribution is -0.142. The molecule has 0 aromatic heterocycles. The van der Waals surface area contributed by atoms with Crippen molar-refractivity contribution < 1.29 is 18.7 Å². The Balaban J connectivity index is 1.96. The van der Waals surface area contributed by atoms with Gasteiger partial charge in [0, 0.05) is 13.7 Å². The van der Waals surface area contributed by atoms with Gasteiger partial charge in [0.1, 0.15) is 11.9 Å². The van der Waals surface area contributed by atoms with Gasteiger partial charge >= 0.3 is 6.03 Å². The van der Waals surface area contributed by atoms with Crippen LogP contribution in [0.25, 0.3) is 0 Å². The van der Waals surface area contributed by atoms with E-state index in [9.17, 15) is 9.18 Å². The predicted octanol–water partition coefficient (Wildman–Crippen LogP) is 2.03. The van der Waals surface area contributed by atoms with E-state index < -0.39 is 11.4 Å². The molecule has 0 aliphatic carbocycles. The summed E-state index contributed by atoms with van der Waals surface area (Å²) in [6.07, 6.45) is -0.183. The van der Waals surface area contributed by atoms with Gasteiger partial charge in [0.25, 0.3) is 0 Å². The molecule has 1 N–H and O–H groups in total. The van der Waals surface area contributed by atoms with Crippen LogP contribution in [0.3, 0.4) is 0 Å². The zero-order chi connectivity index (χ0) is 17.7. The fourth-order valence-electron chi connectivity index (χ4n) is 2.77. The number of nitriles is 1. The maximum atomic E-state index is 13.6. The monoisotopic (exact) mass is 335 g/mol. The summed E-state index contributed by atoms with van der Waals surface area (Å²) in [5.41, 5.74) is 0.127. The molecule has 0 bridgehead atoms. The molecule has 130 valence electrons. The van der Waals surface area contributed by atoms with E-state index in [1.54, 1.807) is 24.1 Å². The third kappa shape index (κ3) is 4.66. The molecule has 1 aliphatic heterocycles. The first-order chi connectivity index (χ1) is 11.3. The number of nitrogens with zero attached hydrogens (tertiary/aromatic N) is 2. The topological polar surface area (TPSA) is 74.6 Å². The van der Waals surface area contributed by atoms with Crippen LogP contribution in [0.4, 0.5) is 9.18 Å². The molecular formula is C17H22FN3O3. The third-order valence-electron chi connectivity index (χ3n) is 3.72. The Bertz CT molecular complexity index is 642. The summed E-state index contributed by atoms with van der Waals surface area (Å²) >= 11 is 0. The number of carbonyl (C=O) groups excluding carboxylic acids is 1. The minimum Gasteiger partial charge on any atom is -0.382 e. The Morgan fingerprint density at radius 1 is 1.58 bits per heavy atom. The number of halogens is 1. The third-order valence-corrected chi connectivity index (χ3v) is 3.72. The van der Waals surface area contributed by atoms with E-state index in [0.29, 0.717) is 25.3 Å². The van der Waals surface area contributed by atoms with Gasteiger partial charge in [-0.3, -0.25) is 0 Å². The first kappa shape index (κ1) is 18.2. The van der Waals surface area contributed by atoms with Crippen LogP contribution in [0.2, 0.25) is 0 Å². The van der Waals surface area contributed by atoms with Crippen molar-refractivity contribution in [2.75, 3.05) is 26.8 Å². The highest BCUT2D eigenvalue weighted by Gasteiger charge is 2.35. The van der Waals surface area contributed by atoms with Gasteiger partial charge in [-0.25, -0.2) is 9.18 Å². The predicted molar refractivity (Wildman–Crippen MR) is 85.8 cm³/mol. The van der Waals surface area contributed by atoms with E-state index >= 15 is 0 Å². The van der Waals surface area contributed by atoms with Crippen molar-refractivity contribution in [1.82, 2.24) is 10.2 Å². The molecule has 1 atom stereocenters. The van der Waals surface area contributed by atoms with Crippen molar-refractivity contribution in [3.05, 3.63) is 35.1 Å². The average molecular weight is 335 g/mol. The van der Waals surface area contributed by atoms with Crippen LogP contribution in [0.1, 0.15) is 25.0 Å². The van der Waals surface area contributed by atoms with E-state index in [-0.39, 0.29) is 24.2 Å². The van der Waals surface area contributed by atoms with Crippen molar-refractivity contribution in [2.45, 2.75) is 32.1 Å². The lowest BCUT2D eigenvalue weighted by Crippen LogP contribution is -2.57. The number of rotatable bonds is 4. The molecule has 2 amide bonds. The molecule has 0 saturated carbocycles. The van der Waals surface area contributed by atoms with E-state index in [1.807, 2.05) is 13.8 Å². The molecule has 0 spiro atoms. The van der Waals surface area contributed by atoms with E-state index in [2.05, 4.69) is 5.32 Å². The molecule has 24 heavy (non-hydrogen) atoms. The second kappa shape index (κ2) is 7.60. The van der Waals surface area contributed by atoms with Gasteiger partial charge in [-0.05, 0) is 31.5 Å². The fourth-order valence-corrected chi connectivity index (χ4v) is 2.77. The second-order valence-corrected chi connectivity index (χ2v) is 6.42. The van der Waals surface area contributed by atoms with E-state index in [1.165, 1.54) is 12.1 Å². The first-order valence-electron chi connectivity index (χ1n) is 7.72. The Morgan fingerprint density at radius 2 is 2.33 bits per heavy atom. The van der Waals surface area contributed by atoms with Crippen molar-refractivity contribution >= 4 is 6.03 Å². The largest absolute Gasteiger partial charge is 0.382 e. The van der Waals surface area contributed by atoms with Gasteiger partial charge in [-0.15, -0.1) is 0 Å². The number of morpholine rings is 1. The lowest BCUT2D eigenvalue weighted by atomic mass is 10.1. The smallest absolute Gasteiger partial charge is 0.317 e. The quantitative estimate of drug-likeness (QED) is 0.914. The van der Waals surface area contributed by atoms with Crippen molar-refractivity contribution in [1.29, 1.82) is 5.26 Å². The van der Waals surface area contributed by atoms with E-state index in [4.69, 9.17) is 14.7 Å². The maximum absolute atomic E-state index is 13.6. The zero-order valence-electron chi connectivity index (χ0n) is 14.1. The number of amides is 2. The summed E-state index contributed by atoms with van der Waals surface area (Å²) in [7, 11) is 1.59. The first-order valence-corrected chi connectivity index (χ1v) is 7.72. The molecule has 7 heteroatoms. The molecule has 2 rings (SSSR count). The highest BCUT2D eigenvalue weighted by molar-refractivity contribution is 5.74. The summed E-state index contributed by atoms with van der Waals surface area (Å²) in [4.78, 5) is 14.1. The van der Waals surface area contributed by atoms with Crippen LogP contribution in [0.15, 0.2) is 18.2 Å². The second-order valence-electron chi connectivity index (χ2n) is 6.42. The molecule has 1 fully saturated rings. The number of carbonyl (C=O) groups is 1. The van der Waals surface area contributed by atoms with Gasteiger partial charge < -0.3 is 19.7 Å². The van der Waals surface area contributed by atoms with Crippen LogP contribution < -0.4 is 5.32 Å². The Hall–Kier alpha value is -2.17. The molecule has 1 aromatic carbocycles. The normalized spacial score (nSPS) is 19.6. The Kier molecular flexibility index (Phi) is 5.75. The highest BCUT2D eigenvalue weighted by Crippen LogP contribution is 2.21. The number of ether oxygens (including phenoxy) is 2. The number of hydrogen-bond donors (Lipinski definition) is 1. The number of urea groups is 1. The standard InChI is InChI=1S/C17H22FN3O3/c1-17(2)11-21(9-14(24-17)10-23-3)16(22)20-8-12-4-5-13(7-19)15(18)6-12/h4-6,14H,8-11H2,1-3H3,(H,20,22). The van der Waals surface area contributed by atoms with Crippen LogP contribution in [0, 0.1) is 17.1 Å². The fraction of sp³-hybridized carbons (Fsp3) is 0.529. The minimum atomic E-state index is -0.586. The Morgan fingerprint density at radius 3 is 2.96 bits per heavy atom. The van der Waals surface area contributed by atoms with Crippen LogP contribution in [-0.4, -0.2) is 49.4 Å². The maximum Gasteiger partial charge on any atom is 0.317 e. The van der Waals surface area contributed by atoms with Gasteiger partial charge in [-0.2, -0.15) is 5.26 Å². The Labute approximate surface area is 141 Å². The summed E-state index contributed by atoms with van der Waals surface area (Å²) in [5.74, 6) is -0.586. The van der Waals surface area contributed by atoms with Crippen molar-refractivity contribution in [2.24, 2.45) is 0 Å².